The predicted octanol–water partition coefficient (Wildman–Crippen LogP) is 5.81. The molecule has 4 atom stereocenters. The number of fused-ring (bicyclic) bond motifs is 2. The summed E-state index contributed by atoms with van der Waals surface area (Å²) in [5.74, 6) is 0.371. The zero-order valence-electron chi connectivity index (χ0n) is 18.9. The molecule has 0 radical (unpaired) electrons. The Morgan fingerprint density at radius 1 is 0.824 bits per heavy atom. The van der Waals surface area contributed by atoms with Gasteiger partial charge in [0.05, 0.1) is 11.9 Å². The van der Waals surface area contributed by atoms with E-state index in [0.717, 1.165) is 27.8 Å². The van der Waals surface area contributed by atoms with Gasteiger partial charge in [-0.2, -0.15) is 0 Å². The van der Waals surface area contributed by atoms with Crippen LogP contribution in [0.15, 0.2) is 101 Å². The minimum atomic E-state index is -0.824. The molecule has 3 aliphatic carbocycles. The lowest BCUT2D eigenvalue weighted by Crippen LogP contribution is -2.44. The number of phenolic OH excluding ortho intramolecular Hbond substituents is 2. The monoisotopic (exact) mass is 456 g/mol. The van der Waals surface area contributed by atoms with E-state index in [-0.39, 0.29) is 41.3 Å². The average Bonchev–Trinajstić information content (AvgIpc) is 2.80. The Kier molecular flexibility index (Phi) is 5.37. The molecule has 0 aliphatic heterocycles. The normalized spacial score (nSPS) is 28.6. The van der Waals surface area contributed by atoms with E-state index < -0.39 is 11.5 Å². The molecule has 3 aliphatic rings. The Balaban J connectivity index is 1.61. The molecule has 34 heavy (non-hydrogen) atoms. The largest absolute Gasteiger partial charge is 0.512 e. The summed E-state index contributed by atoms with van der Waals surface area (Å²) in [5, 5.41) is 51.9. The van der Waals surface area contributed by atoms with Gasteiger partial charge in [0.2, 0.25) is 0 Å². The van der Waals surface area contributed by atoms with Crippen molar-refractivity contribution in [3.63, 3.8) is 0 Å². The van der Waals surface area contributed by atoms with Crippen molar-refractivity contribution in [1.82, 2.24) is 0 Å². The first-order valence-electron chi connectivity index (χ1n) is 11.4. The summed E-state index contributed by atoms with van der Waals surface area (Å²) in [6, 6.07) is 13.9. The molecule has 174 valence electrons. The van der Waals surface area contributed by atoms with Crippen LogP contribution in [-0.2, 0) is 0 Å². The van der Waals surface area contributed by atoms with Crippen LogP contribution < -0.4 is 0 Å². The SMILES string of the molecule is CC12C(O)=CC(/C=C\c3ccc(O)cc3)=CC1C1=C(C=C(O)CC1O)CC2c1ccc(O)cc1. The van der Waals surface area contributed by atoms with E-state index in [4.69, 9.17) is 0 Å². The molecule has 5 rings (SSSR count). The van der Waals surface area contributed by atoms with Crippen LogP contribution in [0, 0.1) is 11.3 Å². The molecule has 0 bridgehead atoms. The van der Waals surface area contributed by atoms with Gasteiger partial charge in [0, 0.05) is 23.7 Å². The summed E-state index contributed by atoms with van der Waals surface area (Å²) in [6.07, 6.45) is 9.32. The van der Waals surface area contributed by atoms with Crippen LogP contribution in [0.5, 0.6) is 11.5 Å². The number of aliphatic hydroxyl groups excluding tert-OH is 3. The number of phenols is 2. The van der Waals surface area contributed by atoms with Crippen LogP contribution in [0.2, 0.25) is 0 Å². The zero-order valence-corrected chi connectivity index (χ0v) is 18.9. The molecule has 0 saturated heterocycles. The molecule has 0 fully saturated rings. The number of hydrogen-bond acceptors (Lipinski definition) is 5. The van der Waals surface area contributed by atoms with Crippen LogP contribution in [-0.4, -0.2) is 31.6 Å². The first-order chi connectivity index (χ1) is 16.3. The highest BCUT2D eigenvalue weighted by Gasteiger charge is 2.52. The van der Waals surface area contributed by atoms with E-state index in [9.17, 15) is 25.5 Å². The minimum absolute atomic E-state index is 0.124. The van der Waals surface area contributed by atoms with Gasteiger partial charge in [0.1, 0.15) is 17.3 Å². The average molecular weight is 457 g/mol. The maximum absolute atomic E-state index is 11.4. The van der Waals surface area contributed by atoms with Crippen LogP contribution in [0.3, 0.4) is 0 Å². The Bertz CT molecular complexity index is 1260. The van der Waals surface area contributed by atoms with Gasteiger partial charge in [-0.1, -0.05) is 49.4 Å². The van der Waals surface area contributed by atoms with E-state index in [1.165, 1.54) is 0 Å². The van der Waals surface area contributed by atoms with E-state index in [0.29, 0.717) is 6.42 Å². The molecule has 2 aromatic rings. The Hall–Kier alpha value is -3.70. The highest BCUT2D eigenvalue weighted by molar-refractivity contribution is 5.59. The summed E-state index contributed by atoms with van der Waals surface area (Å²) < 4.78 is 0. The molecule has 0 amide bonds. The highest BCUT2D eigenvalue weighted by atomic mass is 16.3. The van der Waals surface area contributed by atoms with Crippen molar-refractivity contribution in [2.45, 2.75) is 31.8 Å². The fraction of sp³-hybridized carbons (Fsp3) is 0.241. The quantitative estimate of drug-likeness (QED) is 0.401. The minimum Gasteiger partial charge on any atom is -0.512 e. The second-order valence-corrected chi connectivity index (χ2v) is 9.57. The lowest BCUT2D eigenvalue weighted by atomic mass is 9.53. The molecule has 5 heteroatoms. The first kappa shape index (κ1) is 22.1. The van der Waals surface area contributed by atoms with E-state index in [2.05, 4.69) is 6.08 Å². The second kappa shape index (κ2) is 8.26. The molecular weight excluding hydrogens is 428 g/mol. The van der Waals surface area contributed by atoms with Gasteiger partial charge in [-0.15, -0.1) is 0 Å². The summed E-state index contributed by atoms with van der Waals surface area (Å²) in [5.41, 5.74) is 3.73. The van der Waals surface area contributed by atoms with Crippen LogP contribution >= 0.6 is 0 Å². The lowest BCUT2D eigenvalue weighted by Gasteiger charge is -2.51. The Labute approximate surface area is 198 Å². The molecule has 0 aromatic heterocycles. The molecule has 5 nitrogen and oxygen atoms in total. The van der Waals surface area contributed by atoms with Crippen LogP contribution in [0.1, 0.15) is 36.8 Å². The summed E-state index contributed by atoms with van der Waals surface area (Å²) in [7, 11) is 0. The van der Waals surface area contributed by atoms with Crippen molar-refractivity contribution < 1.29 is 25.5 Å². The molecule has 0 spiro atoms. The fourth-order valence-corrected chi connectivity index (χ4v) is 5.63. The number of hydrogen-bond donors (Lipinski definition) is 5. The molecule has 2 aromatic carbocycles. The number of benzene rings is 2. The smallest absolute Gasteiger partial charge is 0.115 e. The molecular formula is C29H28O5. The number of rotatable bonds is 3. The predicted molar refractivity (Wildman–Crippen MR) is 131 cm³/mol. The Morgan fingerprint density at radius 3 is 2.15 bits per heavy atom. The van der Waals surface area contributed by atoms with Gasteiger partial charge in [-0.25, -0.2) is 0 Å². The van der Waals surface area contributed by atoms with Gasteiger partial charge < -0.3 is 25.5 Å². The number of allylic oxidation sites excluding steroid dienone is 7. The second-order valence-electron chi connectivity index (χ2n) is 9.57. The van der Waals surface area contributed by atoms with Gasteiger partial charge in [-0.3, -0.25) is 0 Å². The molecule has 0 heterocycles. The van der Waals surface area contributed by atoms with Crippen molar-refractivity contribution in [2.75, 3.05) is 0 Å². The topological polar surface area (TPSA) is 101 Å². The lowest BCUT2D eigenvalue weighted by molar-refractivity contribution is 0.106. The van der Waals surface area contributed by atoms with Crippen LogP contribution in [0.25, 0.3) is 6.08 Å². The van der Waals surface area contributed by atoms with Gasteiger partial charge in [-0.05, 0) is 70.7 Å². The van der Waals surface area contributed by atoms with Crippen molar-refractivity contribution in [3.05, 3.63) is 112 Å². The van der Waals surface area contributed by atoms with E-state index in [1.54, 1.807) is 36.4 Å². The highest BCUT2D eigenvalue weighted by Crippen LogP contribution is 2.60. The van der Waals surface area contributed by atoms with Crippen molar-refractivity contribution in [1.29, 1.82) is 0 Å². The zero-order chi connectivity index (χ0) is 24.0. The van der Waals surface area contributed by atoms with Crippen LogP contribution in [0.4, 0.5) is 0 Å². The third kappa shape index (κ3) is 3.72. The summed E-state index contributed by atoms with van der Waals surface area (Å²) in [4.78, 5) is 0. The molecule has 4 unspecified atom stereocenters. The Morgan fingerprint density at radius 2 is 1.47 bits per heavy atom. The van der Waals surface area contributed by atoms with Gasteiger partial charge in [0.15, 0.2) is 0 Å². The maximum Gasteiger partial charge on any atom is 0.115 e. The van der Waals surface area contributed by atoms with Crippen molar-refractivity contribution in [2.24, 2.45) is 11.3 Å². The van der Waals surface area contributed by atoms with Gasteiger partial charge >= 0.3 is 0 Å². The van der Waals surface area contributed by atoms with E-state index in [1.807, 2.05) is 43.3 Å². The third-order valence-electron chi connectivity index (χ3n) is 7.47. The standard InChI is InChI=1S/C29H28O5/c1-29-24(19-6-10-22(31)11-7-19)15-20-14-23(32)16-26(33)28(20)25(29)12-18(13-27(29)34)3-2-17-4-8-21(30)9-5-17/h2-14,24-26,30-34H,15-16H2,1H3/b3-2-. The van der Waals surface area contributed by atoms with Crippen molar-refractivity contribution >= 4 is 6.08 Å². The van der Waals surface area contributed by atoms with E-state index >= 15 is 0 Å². The first-order valence-corrected chi connectivity index (χ1v) is 11.4. The molecule has 0 saturated carbocycles. The van der Waals surface area contributed by atoms with Crippen molar-refractivity contribution in [3.8, 4) is 11.5 Å². The molecule has 5 N–H and O–H groups in total. The van der Waals surface area contributed by atoms with Gasteiger partial charge in [0.25, 0.3) is 0 Å². The third-order valence-corrected chi connectivity index (χ3v) is 7.47. The summed E-state index contributed by atoms with van der Waals surface area (Å²) >= 11 is 0. The number of aliphatic hydroxyl groups is 3. The maximum atomic E-state index is 11.4. The fourth-order valence-electron chi connectivity index (χ4n) is 5.63. The number of aromatic hydroxyl groups is 2. The summed E-state index contributed by atoms with van der Waals surface area (Å²) in [6.45, 7) is 2.02.